The zero-order chi connectivity index (χ0) is 20.2. The fourth-order valence-corrected chi connectivity index (χ4v) is 2.95. The number of hydrogen-bond acceptors (Lipinski definition) is 6. The normalized spacial score (nSPS) is 13.4. The first kappa shape index (κ1) is 18.4. The Bertz CT molecular complexity index is 1040. The Hall–Kier alpha value is -3.94. The van der Waals surface area contributed by atoms with Crippen LogP contribution in [0.2, 0.25) is 0 Å². The maximum Gasteiger partial charge on any atom is 0.338 e. The van der Waals surface area contributed by atoms with Crippen molar-refractivity contribution in [2.75, 3.05) is 6.54 Å². The van der Waals surface area contributed by atoms with E-state index in [-0.39, 0.29) is 31.2 Å². The van der Waals surface area contributed by atoms with Crippen LogP contribution in [0.25, 0.3) is 11.5 Å². The zero-order valence-electron chi connectivity index (χ0n) is 15.3. The van der Waals surface area contributed by atoms with Crippen molar-refractivity contribution < 1.29 is 23.5 Å². The number of ether oxygens (including phenoxy) is 1. The Balaban J connectivity index is 1.44. The molecule has 0 bridgehead atoms. The minimum absolute atomic E-state index is 0.00193. The zero-order valence-corrected chi connectivity index (χ0v) is 15.3. The predicted octanol–water partition coefficient (Wildman–Crippen LogP) is 2.75. The van der Waals surface area contributed by atoms with Gasteiger partial charge in [-0.05, 0) is 23.8 Å². The lowest BCUT2D eigenvalue weighted by Crippen LogP contribution is -2.31. The monoisotopic (exact) mass is 391 g/mol. The number of benzene rings is 2. The number of esters is 1. The van der Waals surface area contributed by atoms with E-state index in [1.54, 1.807) is 24.3 Å². The minimum atomic E-state index is -0.572. The number of urea groups is 1. The molecule has 1 aliphatic rings. The summed E-state index contributed by atoms with van der Waals surface area (Å²) in [5, 5.41) is 2.45. The standard InChI is InChI=1S/C21H17N3O5/c25-18-10-22-21(27)24(18)11-15-8-4-5-9-17(15)20(26)29-13-16-12-28-19(23-16)14-6-2-1-3-7-14/h1-9,12H,10-11,13H2,(H,22,27). The highest BCUT2D eigenvalue weighted by Crippen LogP contribution is 2.19. The average molecular weight is 391 g/mol. The molecule has 146 valence electrons. The first-order chi connectivity index (χ1) is 14.1. The molecule has 1 fully saturated rings. The van der Waals surface area contributed by atoms with E-state index >= 15 is 0 Å². The first-order valence-corrected chi connectivity index (χ1v) is 8.95. The second-order valence-electron chi connectivity index (χ2n) is 6.38. The van der Waals surface area contributed by atoms with Gasteiger partial charge in [0, 0.05) is 5.56 Å². The van der Waals surface area contributed by atoms with Gasteiger partial charge >= 0.3 is 12.0 Å². The van der Waals surface area contributed by atoms with Crippen LogP contribution in [-0.2, 0) is 22.7 Å². The van der Waals surface area contributed by atoms with E-state index in [0.717, 1.165) is 10.5 Å². The number of nitrogens with zero attached hydrogens (tertiary/aromatic N) is 2. The summed E-state index contributed by atoms with van der Waals surface area (Å²) in [6.45, 7) is -0.105. The Morgan fingerprint density at radius 1 is 1.10 bits per heavy atom. The molecule has 1 aliphatic heterocycles. The Morgan fingerprint density at radius 3 is 2.62 bits per heavy atom. The van der Waals surface area contributed by atoms with Crippen LogP contribution in [0.3, 0.4) is 0 Å². The number of nitrogens with one attached hydrogen (secondary N) is 1. The molecule has 2 heterocycles. The first-order valence-electron chi connectivity index (χ1n) is 8.95. The van der Waals surface area contributed by atoms with E-state index < -0.39 is 12.0 Å². The molecule has 0 atom stereocenters. The molecule has 3 amide bonds. The van der Waals surface area contributed by atoms with Crippen LogP contribution in [0.5, 0.6) is 0 Å². The Morgan fingerprint density at radius 2 is 1.86 bits per heavy atom. The lowest BCUT2D eigenvalue weighted by molar-refractivity contribution is -0.125. The van der Waals surface area contributed by atoms with Crippen LogP contribution in [0.1, 0.15) is 21.6 Å². The van der Waals surface area contributed by atoms with Crippen molar-refractivity contribution >= 4 is 17.9 Å². The third-order valence-corrected chi connectivity index (χ3v) is 4.43. The van der Waals surface area contributed by atoms with Gasteiger partial charge in [-0.1, -0.05) is 36.4 Å². The second kappa shape index (κ2) is 7.97. The van der Waals surface area contributed by atoms with Gasteiger partial charge in [-0.2, -0.15) is 0 Å². The quantitative estimate of drug-likeness (QED) is 0.512. The van der Waals surface area contributed by atoms with Gasteiger partial charge < -0.3 is 14.5 Å². The fourth-order valence-electron chi connectivity index (χ4n) is 2.95. The highest BCUT2D eigenvalue weighted by Gasteiger charge is 2.29. The molecule has 3 aromatic rings. The summed E-state index contributed by atoms with van der Waals surface area (Å²) in [7, 11) is 0. The third-order valence-electron chi connectivity index (χ3n) is 4.43. The summed E-state index contributed by atoms with van der Waals surface area (Å²) in [5.41, 5.74) is 2.10. The van der Waals surface area contributed by atoms with Gasteiger partial charge in [-0.15, -0.1) is 0 Å². The van der Waals surface area contributed by atoms with Crippen molar-refractivity contribution in [3.63, 3.8) is 0 Å². The van der Waals surface area contributed by atoms with Gasteiger partial charge in [0.25, 0.3) is 0 Å². The number of aromatic nitrogens is 1. The largest absolute Gasteiger partial charge is 0.455 e. The van der Waals surface area contributed by atoms with Crippen molar-refractivity contribution in [2.45, 2.75) is 13.2 Å². The lowest BCUT2D eigenvalue weighted by Gasteiger charge is -2.15. The smallest absolute Gasteiger partial charge is 0.338 e. The van der Waals surface area contributed by atoms with E-state index in [1.165, 1.54) is 6.26 Å². The lowest BCUT2D eigenvalue weighted by atomic mass is 10.1. The van der Waals surface area contributed by atoms with Crippen molar-refractivity contribution in [3.05, 3.63) is 77.7 Å². The number of amides is 3. The number of carbonyl (C=O) groups is 3. The van der Waals surface area contributed by atoms with Crippen molar-refractivity contribution in [3.8, 4) is 11.5 Å². The van der Waals surface area contributed by atoms with Gasteiger partial charge in [-0.25, -0.2) is 14.6 Å². The van der Waals surface area contributed by atoms with Gasteiger partial charge in [0.1, 0.15) is 18.6 Å². The summed E-state index contributed by atoms with van der Waals surface area (Å²) in [6.07, 6.45) is 1.44. The molecule has 0 unspecified atom stereocenters. The van der Waals surface area contributed by atoms with Crippen LogP contribution < -0.4 is 5.32 Å². The van der Waals surface area contributed by atoms with Gasteiger partial charge in [-0.3, -0.25) is 9.69 Å². The maximum atomic E-state index is 12.6. The molecule has 1 aromatic heterocycles. The molecular formula is C21H17N3O5. The molecule has 0 spiro atoms. The third kappa shape index (κ3) is 4.01. The Labute approximate surface area is 166 Å². The van der Waals surface area contributed by atoms with Crippen LogP contribution in [0.4, 0.5) is 4.79 Å². The predicted molar refractivity (Wildman–Crippen MR) is 101 cm³/mol. The summed E-state index contributed by atoms with van der Waals surface area (Å²) >= 11 is 0. The molecule has 29 heavy (non-hydrogen) atoms. The molecule has 0 saturated carbocycles. The summed E-state index contributed by atoms with van der Waals surface area (Å²) < 4.78 is 10.8. The molecule has 1 N–H and O–H groups in total. The van der Waals surface area contributed by atoms with Crippen molar-refractivity contribution in [1.29, 1.82) is 0 Å². The van der Waals surface area contributed by atoms with Crippen LogP contribution in [0.15, 0.2) is 65.3 Å². The number of hydrogen-bond donors (Lipinski definition) is 1. The molecule has 8 nitrogen and oxygen atoms in total. The molecule has 0 radical (unpaired) electrons. The summed E-state index contributed by atoms with van der Waals surface area (Å²) in [4.78, 5) is 41.5. The summed E-state index contributed by atoms with van der Waals surface area (Å²) in [6, 6.07) is 15.6. The molecule has 0 aliphatic carbocycles. The van der Waals surface area contributed by atoms with Gasteiger partial charge in [0.15, 0.2) is 0 Å². The minimum Gasteiger partial charge on any atom is -0.455 e. The number of rotatable bonds is 6. The van der Waals surface area contributed by atoms with Crippen LogP contribution in [-0.4, -0.2) is 34.3 Å². The summed E-state index contributed by atoms with van der Waals surface area (Å²) in [5.74, 6) is -0.471. The topological polar surface area (TPSA) is 102 Å². The molecular weight excluding hydrogens is 374 g/mol. The fraction of sp³-hybridized carbons (Fsp3) is 0.143. The second-order valence-corrected chi connectivity index (χ2v) is 6.38. The van der Waals surface area contributed by atoms with E-state index in [9.17, 15) is 14.4 Å². The van der Waals surface area contributed by atoms with Crippen molar-refractivity contribution in [1.82, 2.24) is 15.2 Å². The van der Waals surface area contributed by atoms with E-state index in [4.69, 9.17) is 9.15 Å². The highest BCUT2D eigenvalue weighted by atomic mass is 16.5. The number of carbonyl (C=O) groups excluding carboxylic acids is 3. The highest BCUT2D eigenvalue weighted by molar-refractivity contribution is 6.02. The average Bonchev–Trinajstić information content (AvgIpc) is 3.35. The number of imide groups is 1. The molecule has 2 aromatic carbocycles. The molecule has 8 heteroatoms. The Kier molecular flexibility index (Phi) is 5.07. The van der Waals surface area contributed by atoms with E-state index in [0.29, 0.717) is 17.1 Å². The van der Waals surface area contributed by atoms with Crippen LogP contribution >= 0.6 is 0 Å². The van der Waals surface area contributed by atoms with Gasteiger partial charge in [0.05, 0.1) is 18.7 Å². The van der Waals surface area contributed by atoms with E-state index in [2.05, 4.69) is 10.3 Å². The molecule has 4 rings (SSSR count). The van der Waals surface area contributed by atoms with Crippen LogP contribution in [0, 0.1) is 0 Å². The van der Waals surface area contributed by atoms with Crippen molar-refractivity contribution in [2.24, 2.45) is 0 Å². The SMILES string of the molecule is O=C(OCc1coc(-c2ccccc2)n1)c1ccccc1CN1C(=O)CNC1=O. The number of oxazole rings is 1. The van der Waals surface area contributed by atoms with Gasteiger partial charge in [0.2, 0.25) is 11.8 Å². The van der Waals surface area contributed by atoms with E-state index in [1.807, 2.05) is 30.3 Å². The molecule has 1 saturated heterocycles. The maximum absolute atomic E-state index is 12.6.